The molecule has 0 saturated carbocycles. The van der Waals surface area contributed by atoms with Crippen LogP contribution in [0.1, 0.15) is 6.92 Å². The van der Waals surface area contributed by atoms with Crippen molar-refractivity contribution in [1.29, 1.82) is 0 Å². The molecule has 13 heteroatoms. The molecule has 0 aromatic heterocycles. The van der Waals surface area contributed by atoms with Crippen LogP contribution in [0.15, 0.2) is 0 Å². The second-order valence-corrected chi connectivity index (χ2v) is 7.86. The summed E-state index contributed by atoms with van der Waals surface area (Å²) in [6.07, 6.45) is 0. The molecule has 0 radical (unpaired) electrons. The van der Waals surface area contributed by atoms with Crippen molar-refractivity contribution in [2.75, 3.05) is 127 Å². The normalized spacial score (nSPS) is 12.0. The summed E-state index contributed by atoms with van der Waals surface area (Å²) in [5.41, 5.74) is 0. The summed E-state index contributed by atoms with van der Waals surface area (Å²) < 4.78 is 69.9. The summed E-state index contributed by atoms with van der Waals surface area (Å²) >= 11 is 0. The van der Waals surface area contributed by atoms with E-state index in [0.29, 0.717) is 79.3 Å². The van der Waals surface area contributed by atoms with Gasteiger partial charge in [-0.15, -0.1) is 0 Å². The Morgan fingerprint density at radius 2 is 0.697 bits per heavy atom. The summed E-state index contributed by atoms with van der Waals surface area (Å²) in [4.78, 5) is 0. The van der Waals surface area contributed by atoms with Crippen LogP contribution in [0.4, 0.5) is 0 Å². The SMILES string of the molecule is CCOP(=O)(OCCOCCOCCOCCOC)OCCOCCOCCOCCOC. The van der Waals surface area contributed by atoms with Gasteiger partial charge in [-0.2, -0.15) is 0 Å². The Morgan fingerprint density at radius 1 is 0.424 bits per heavy atom. The molecule has 0 spiro atoms. The van der Waals surface area contributed by atoms with E-state index in [1.807, 2.05) is 0 Å². The van der Waals surface area contributed by atoms with Gasteiger partial charge in [0.25, 0.3) is 0 Å². The lowest BCUT2D eigenvalue weighted by Crippen LogP contribution is -2.14. The number of hydrogen-bond donors (Lipinski definition) is 0. The fourth-order valence-electron chi connectivity index (χ4n) is 2.05. The van der Waals surface area contributed by atoms with Crippen molar-refractivity contribution in [3.63, 3.8) is 0 Å². The number of hydrogen-bond acceptors (Lipinski definition) is 12. The van der Waals surface area contributed by atoms with Crippen molar-refractivity contribution >= 4 is 7.82 Å². The Morgan fingerprint density at radius 3 is 0.970 bits per heavy atom. The van der Waals surface area contributed by atoms with Gasteiger partial charge < -0.3 is 37.9 Å². The van der Waals surface area contributed by atoms with Crippen LogP contribution in [0.5, 0.6) is 0 Å². The van der Waals surface area contributed by atoms with Crippen molar-refractivity contribution in [2.24, 2.45) is 0 Å². The molecule has 0 amide bonds. The minimum absolute atomic E-state index is 0.0680. The van der Waals surface area contributed by atoms with Crippen LogP contribution >= 0.6 is 7.82 Å². The molecule has 0 aliphatic heterocycles. The van der Waals surface area contributed by atoms with E-state index in [1.54, 1.807) is 21.1 Å². The molecular weight excluding hydrogens is 463 g/mol. The van der Waals surface area contributed by atoms with Crippen molar-refractivity contribution in [3.05, 3.63) is 0 Å². The van der Waals surface area contributed by atoms with Gasteiger partial charge in [-0.1, -0.05) is 0 Å². The monoisotopic (exact) mass is 506 g/mol. The quantitative estimate of drug-likeness (QED) is 0.113. The van der Waals surface area contributed by atoms with E-state index in [0.717, 1.165) is 0 Å². The molecule has 0 rings (SSSR count). The fraction of sp³-hybridized carbons (Fsp3) is 1.00. The van der Waals surface area contributed by atoms with E-state index < -0.39 is 7.82 Å². The van der Waals surface area contributed by atoms with Crippen molar-refractivity contribution in [2.45, 2.75) is 6.92 Å². The average molecular weight is 507 g/mol. The first-order valence-electron chi connectivity index (χ1n) is 11.2. The molecule has 33 heavy (non-hydrogen) atoms. The Balaban J connectivity index is 3.57. The van der Waals surface area contributed by atoms with Crippen LogP contribution < -0.4 is 0 Å². The van der Waals surface area contributed by atoms with Crippen molar-refractivity contribution in [3.8, 4) is 0 Å². The van der Waals surface area contributed by atoms with Crippen molar-refractivity contribution < 1.29 is 56.0 Å². The highest BCUT2D eigenvalue weighted by Gasteiger charge is 2.25. The summed E-state index contributed by atoms with van der Waals surface area (Å²) in [7, 11) is -0.409. The van der Waals surface area contributed by atoms with Gasteiger partial charge in [0.1, 0.15) is 0 Å². The van der Waals surface area contributed by atoms with E-state index in [-0.39, 0.29) is 33.0 Å². The molecule has 0 heterocycles. The van der Waals surface area contributed by atoms with E-state index in [1.165, 1.54) is 0 Å². The lowest BCUT2D eigenvalue weighted by Gasteiger charge is -2.17. The fourth-order valence-corrected chi connectivity index (χ4v) is 3.19. The highest BCUT2D eigenvalue weighted by molar-refractivity contribution is 7.48. The minimum Gasteiger partial charge on any atom is -0.382 e. The smallest absolute Gasteiger partial charge is 0.382 e. The van der Waals surface area contributed by atoms with E-state index >= 15 is 0 Å². The molecule has 0 atom stereocenters. The number of phosphoric ester groups is 1. The van der Waals surface area contributed by atoms with Crippen LogP contribution in [0.3, 0.4) is 0 Å². The Kier molecular flexibility index (Phi) is 26.2. The van der Waals surface area contributed by atoms with Gasteiger partial charge >= 0.3 is 7.82 Å². The largest absolute Gasteiger partial charge is 0.474 e. The van der Waals surface area contributed by atoms with Gasteiger partial charge in [0.2, 0.25) is 0 Å². The summed E-state index contributed by atoms with van der Waals surface area (Å²) in [5, 5.41) is 0. The summed E-state index contributed by atoms with van der Waals surface area (Å²) in [6.45, 7) is 8.30. The molecular formula is C20H43O12P. The van der Waals surface area contributed by atoms with Gasteiger partial charge in [0.15, 0.2) is 0 Å². The molecule has 0 aliphatic rings. The molecule has 200 valence electrons. The first-order chi connectivity index (χ1) is 16.2. The zero-order valence-corrected chi connectivity index (χ0v) is 21.3. The maximum absolute atomic E-state index is 12.5. The van der Waals surface area contributed by atoms with Gasteiger partial charge in [0, 0.05) is 14.2 Å². The third kappa shape index (κ3) is 24.7. The summed E-state index contributed by atoms with van der Waals surface area (Å²) in [5.74, 6) is 0. The number of phosphoric acid groups is 1. The maximum Gasteiger partial charge on any atom is 0.474 e. The molecule has 0 fully saturated rings. The molecule has 0 aromatic carbocycles. The zero-order valence-electron chi connectivity index (χ0n) is 20.4. The summed E-state index contributed by atoms with van der Waals surface area (Å²) in [6, 6.07) is 0. The topological polar surface area (TPSA) is 119 Å². The molecule has 0 unspecified atom stereocenters. The first-order valence-corrected chi connectivity index (χ1v) is 12.6. The third-order valence-electron chi connectivity index (χ3n) is 3.59. The molecule has 0 N–H and O–H groups in total. The number of methoxy groups -OCH3 is 2. The zero-order chi connectivity index (χ0) is 24.3. The second kappa shape index (κ2) is 26.4. The van der Waals surface area contributed by atoms with Crippen LogP contribution in [0, 0.1) is 0 Å². The van der Waals surface area contributed by atoms with Gasteiger partial charge in [-0.05, 0) is 6.92 Å². The predicted molar refractivity (Wildman–Crippen MR) is 120 cm³/mol. The highest BCUT2D eigenvalue weighted by atomic mass is 31.2. The molecule has 12 nitrogen and oxygen atoms in total. The Bertz CT molecular complexity index is 398. The van der Waals surface area contributed by atoms with Crippen LogP contribution in [0.25, 0.3) is 0 Å². The minimum atomic E-state index is -3.66. The van der Waals surface area contributed by atoms with Crippen LogP contribution in [-0.2, 0) is 56.0 Å². The second-order valence-electron chi connectivity index (χ2n) is 6.19. The first kappa shape index (κ1) is 32.8. The molecule has 0 saturated heterocycles. The van der Waals surface area contributed by atoms with Gasteiger partial charge in [-0.25, -0.2) is 4.57 Å². The standard InChI is InChI=1S/C20H43O12P/c1-4-30-33(21,31-19-17-28-15-13-26-11-9-24-7-5-22-2)32-20-18-29-16-14-27-12-10-25-8-6-23-3/h4-20H2,1-3H3. The Hall–Kier alpha value is -0.210. The van der Waals surface area contributed by atoms with Gasteiger partial charge in [0.05, 0.1) is 112 Å². The lowest BCUT2D eigenvalue weighted by atomic mass is 10.7. The Labute approximate surface area is 197 Å². The maximum atomic E-state index is 12.5. The highest BCUT2D eigenvalue weighted by Crippen LogP contribution is 2.49. The van der Waals surface area contributed by atoms with Crippen LogP contribution in [0.2, 0.25) is 0 Å². The van der Waals surface area contributed by atoms with E-state index in [9.17, 15) is 4.57 Å². The molecule has 0 aliphatic carbocycles. The van der Waals surface area contributed by atoms with Crippen LogP contribution in [-0.4, -0.2) is 127 Å². The van der Waals surface area contributed by atoms with Gasteiger partial charge in [-0.3, -0.25) is 13.6 Å². The van der Waals surface area contributed by atoms with Crippen molar-refractivity contribution in [1.82, 2.24) is 0 Å². The predicted octanol–water partition coefficient (Wildman–Crippen LogP) is 1.56. The molecule has 0 aromatic rings. The van der Waals surface area contributed by atoms with E-state index in [4.69, 9.17) is 51.5 Å². The van der Waals surface area contributed by atoms with E-state index in [2.05, 4.69) is 0 Å². The average Bonchev–Trinajstić information content (AvgIpc) is 2.81. The number of rotatable bonds is 28. The third-order valence-corrected chi connectivity index (χ3v) is 5.17. The molecule has 0 bridgehead atoms. The number of ether oxygens (including phenoxy) is 8. The lowest BCUT2D eigenvalue weighted by molar-refractivity contribution is -0.00679.